The topological polar surface area (TPSA) is 61.4 Å². The molecule has 1 aliphatic carbocycles. The normalized spacial score (nSPS) is 22.9. The molecule has 2 unspecified atom stereocenters. The highest BCUT2D eigenvalue weighted by Gasteiger charge is 2.24. The lowest BCUT2D eigenvalue weighted by Gasteiger charge is -2.22. The van der Waals surface area contributed by atoms with Crippen molar-refractivity contribution in [2.45, 2.75) is 44.2 Å². The summed E-state index contributed by atoms with van der Waals surface area (Å²) in [6, 6.07) is 4.14. The van der Waals surface area contributed by atoms with Gasteiger partial charge in [-0.15, -0.1) is 0 Å². The lowest BCUT2D eigenvalue weighted by molar-refractivity contribution is 0.0819. The number of halogens is 1. The number of carbonyl (C=O) groups excluding carboxylic acids is 1. The third-order valence-electron chi connectivity index (χ3n) is 3.80. The fraction of sp³-hybridized carbons (Fsp3) is 0.533. The Kier molecular flexibility index (Phi) is 4.95. The molecule has 5 heteroatoms. The standard InChI is InChI=1S/C15H21FN2O2/c1-17-14-10(6-5-7-11(14)16)15(20)18-12-8-3-2-4-9-13(12)19/h5-7,12-13,17,19H,2-4,8-9H2,1H3,(H,18,20). The first-order valence-corrected chi connectivity index (χ1v) is 7.08. The molecule has 0 radical (unpaired) electrons. The van der Waals surface area contributed by atoms with E-state index < -0.39 is 11.9 Å². The van der Waals surface area contributed by atoms with Gasteiger partial charge in [0.1, 0.15) is 5.82 Å². The summed E-state index contributed by atoms with van der Waals surface area (Å²) in [5.74, 6) is -0.804. The molecule has 2 rings (SSSR count). The first kappa shape index (κ1) is 14.8. The molecular weight excluding hydrogens is 259 g/mol. The van der Waals surface area contributed by atoms with E-state index in [0.29, 0.717) is 6.42 Å². The average molecular weight is 280 g/mol. The highest BCUT2D eigenvalue weighted by molar-refractivity contribution is 5.99. The van der Waals surface area contributed by atoms with Gasteiger partial charge in [0, 0.05) is 7.05 Å². The van der Waals surface area contributed by atoms with Crippen LogP contribution in [0.1, 0.15) is 42.5 Å². The quantitative estimate of drug-likeness (QED) is 0.744. The van der Waals surface area contributed by atoms with Gasteiger partial charge in [0.25, 0.3) is 5.91 Å². The fourth-order valence-electron chi connectivity index (χ4n) is 2.67. The van der Waals surface area contributed by atoms with Crippen LogP contribution in [-0.4, -0.2) is 30.2 Å². The first-order valence-electron chi connectivity index (χ1n) is 7.08. The van der Waals surface area contributed by atoms with Crippen molar-refractivity contribution in [2.75, 3.05) is 12.4 Å². The van der Waals surface area contributed by atoms with Crippen LogP contribution in [0.25, 0.3) is 0 Å². The van der Waals surface area contributed by atoms with Crippen molar-refractivity contribution in [3.05, 3.63) is 29.6 Å². The van der Waals surface area contributed by atoms with Gasteiger partial charge < -0.3 is 15.7 Å². The number of benzene rings is 1. The van der Waals surface area contributed by atoms with Gasteiger partial charge in [-0.3, -0.25) is 4.79 Å². The Morgan fingerprint density at radius 2 is 2.05 bits per heavy atom. The van der Waals surface area contributed by atoms with Crippen LogP contribution in [-0.2, 0) is 0 Å². The Bertz CT molecular complexity index is 479. The number of carbonyl (C=O) groups is 1. The minimum absolute atomic E-state index is 0.188. The van der Waals surface area contributed by atoms with Crippen molar-refractivity contribution in [2.24, 2.45) is 0 Å². The van der Waals surface area contributed by atoms with Crippen LogP contribution in [0.15, 0.2) is 18.2 Å². The smallest absolute Gasteiger partial charge is 0.253 e. The summed E-state index contributed by atoms with van der Waals surface area (Å²) in [7, 11) is 1.58. The molecule has 0 heterocycles. The lowest BCUT2D eigenvalue weighted by atomic mass is 10.0. The summed E-state index contributed by atoms with van der Waals surface area (Å²) < 4.78 is 13.6. The second kappa shape index (κ2) is 6.70. The van der Waals surface area contributed by atoms with Crippen LogP contribution in [0.2, 0.25) is 0 Å². The lowest BCUT2D eigenvalue weighted by Crippen LogP contribution is -2.42. The molecule has 1 aromatic carbocycles. The summed E-state index contributed by atoms with van der Waals surface area (Å²) in [6.45, 7) is 0. The van der Waals surface area contributed by atoms with Gasteiger partial charge in [-0.2, -0.15) is 0 Å². The number of amides is 1. The monoisotopic (exact) mass is 280 g/mol. The average Bonchev–Trinajstić information content (AvgIpc) is 2.64. The molecule has 0 bridgehead atoms. The molecule has 1 fully saturated rings. The van der Waals surface area contributed by atoms with Gasteiger partial charge in [-0.05, 0) is 25.0 Å². The zero-order chi connectivity index (χ0) is 14.5. The minimum atomic E-state index is -0.520. The van der Waals surface area contributed by atoms with E-state index in [4.69, 9.17) is 0 Å². The Balaban J connectivity index is 2.13. The van der Waals surface area contributed by atoms with E-state index in [2.05, 4.69) is 10.6 Å². The van der Waals surface area contributed by atoms with Crippen molar-refractivity contribution in [3.8, 4) is 0 Å². The van der Waals surface area contributed by atoms with E-state index in [9.17, 15) is 14.3 Å². The number of aliphatic hydroxyl groups is 1. The Morgan fingerprint density at radius 1 is 1.30 bits per heavy atom. The van der Waals surface area contributed by atoms with Crippen LogP contribution in [0.4, 0.5) is 10.1 Å². The van der Waals surface area contributed by atoms with Crippen LogP contribution in [0.5, 0.6) is 0 Å². The Labute approximate surface area is 118 Å². The summed E-state index contributed by atoms with van der Waals surface area (Å²) in [6.07, 6.45) is 3.99. The highest BCUT2D eigenvalue weighted by atomic mass is 19.1. The second-order valence-corrected chi connectivity index (χ2v) is 5.20. The van der Waals surface area contributed by atoms with E-state index in [1.54, 1.807) is 13.1 Å². The number of nitrogens with one attached hydrogen (secondary N) is 2. The van der Waals surface area contributed by atoms with E-state index in [0.717, 1.165) is 25.7 Å². The van der Waals surface area contributed by atoms with Crippen LogP contribution in [0, 0.1) is 5.82 Å². The molecule has 2 atom stereocenters. The van der Waals surface area contributed by atoms with E-state index in [-0.39, 0.29) is 23.2 Å². The van der Waals surface area contributed by atoms with Gasteiger partial charge in [0.2, 0.25) is 0 Å². The van der Waals surface area contributed by atoms with E-state index >= 15 is 0 Å². The van der Waals surface area contributed by atoms with Crippen LogP contribution < -0.4 is 10.6 Å². The zero-order valence-corrected chi connectivity index (χ0v) is 11.7. The molecule has 1 aliphatic rings. The van der Waals surface area contributed by atoms with Gasteiger partial charge in [-0.25, -0.2) is 4.39 Å². The summed E-state index contributed by atoms with van der Waals surface area (Å²) >= 11 is 0. The minimum Gasteiger partial charge on any atom is -0.391 e. The van der Waals surface area contributed by atoms with Crippen molar-refractivity contribution in [3.63, 3.8) is 0 Å². The number of hydrogen-bond acceptors (Lipinski definition) is 3. The zero-order valence-electron chi connectivity index (χ0n) is 11.7. The van der Waals surface area contributed by atoms with Crippen molar-refractivity contribution in [1.82, 2.24) is 5.32 Å². The molecule has 0 spiro atoms. The Hall–Kier alpha value is -1.62. The van der Waals surface area contributed by atoms with Gasteiger partial charge in [0.15, 0.2) is 0 Å². The molecule has 0 saturated heterocycles. The highest BCUT2D eigenvalue weighted by Crippen LogP contribution is 2.21. The van der Waals surface area contributed by atoms with Gasteiger partial charge in [-0.1, -0.05) is 25.3 Å². The maximum Gasteiger partial charge on any atom is 0.253 e. The van der Waals surface area contributed by atoms with Crippen LogP contribution >= 0.6 is 0 Å². The third kappa shape index (κ3) is 3.28. The molecular formula is C15H21FN2O2. The van der Waals surface area contributed by atoms with Crippen molar-refractivity contribution < 1.29 is 14.3 Å². The second-order valence-electron chi connectivity index (χ2n) is 5.20. The predicted molar refractivity (Wildman–Crippen MR) is 76.3 cm³/mol. The molecule has 3 N–H and O–H groups in total. The Morgan fingerprint density at radius 3 is 2.80 bits per heavy atom. The maximum absolute atomic E-state index is 13.6. The molecule has 20 heavy (non-hydrogen) atoms. The third-order valence-corrected chi connectivity index (χ3v) is 3.80. The van der Waals surface area contributed by atoms with Gasteiger partial charge in [0.05, 0.1) is 23.4 Å². The van der Waals surface area contributed by atoms with Crippen molar-refractivity contribution >= 4 is 11.6 Å². The van der Waals surface area contributed by atoms with E-state index in [1.165, 1.54) is 12.1 Å². The number of rotatable bonds is 3. The summed E-state index contributed by atoms with van der Waals surface area (Å²) in [5.41, 5.74) is 0.456. The summed E-state index contributed by atoms with van der Waals surface area (Å²) in [4.78, 5) is 12.3. The fourth-order valence-corrected chi connectivity index (χ4v) is 2.67. The molecule has 1 amide bonds. The number of para-hydroxylation sites is 1. The number of hydrogen-bond donors (Lipinski definition) is 3. The molecule has 0 aliphatic heterocycles. The first-order chi connectivity index (χ1) is 9.63. The van der Waals surface area contributed by atoms with Crippen molar-refractivity contribution in [1.29, 1.82) is 0 Å². The van der Waals surface area contributed by atoms with Crippen LogP contribution in [0.3, 0.4) is 0 Å². The number of anilines is 1. The maximum atomic E-state index is 13.6. The van der Waals surface area contributed by atoms with Gasteiger partial charge >= 0.3 is 0 Å². The molecule has 110 valence electrons. The van der Waals surface area contributed by atoms with E-state index in [1.807, 2.05) is 0 Å². The molecule has 1 aromatic rings. The molecule has 0 aromatic heterocycles. The molecule has 4 nitrogen and oxygen atoms in total. The number of aliphatic hydroxyl groups excluding tert-OH is 1. The largest absolute Gasteiger partial charge is 0.391 e. The SMILES string of the molecule is CNc1c(F)cccc1C(=O)NC1CCCCCC1O. The summed E-state index contributed by atoms with van der Waals surface area (Å²) in [5, 5.41) is 15.6. The predicted octanol–water partition coefficient (Wildman–Crippen LogP) is 2.29. The molecule has 1 saturated carbocycles.